The van der Waals surface area contributed by atoms with Gasteiger partial charge in [0.15, 0.2) is 11.4 Å². The lowest BCUT2D eigenvalue weighted by atomic mass is 9.78. The number of Topliss-reactive ketones (excluding diaryl/α,β-unsaturated/α-hetero) is 3. The Labute approximate surface area is 628 Å². The van der Waals surface area contributed by atoms with Crippen LogP contribution in [-0.2, 0) is 73.2 Å². The van der Waals surface area contributed by atoms with Gasteiger partial charge in [0, 0.05) is 95.1 Å². The number of methoxy groups -OCH3 is 4. The molecule has 4 unspecified atom stereocenters. The van der Waals surface area contributed by atoms with Crippen LogP contribution in [0.3, 0.4) is 0 Å². The number of carbonyl (C=O) groups excluding carboxylic acids is 6. The first-order valence-corrected chi connectivity index (χ1v) is 38.1. The van der Waals surface area contributed by atoms with Crippen LogP contribution >= 0.6 is 0 Å². The number of aryl methyl sites for hydroxylation is 1. The zero-order valence-electron chi connectivity index (χ0n) is 64.3. The smallest absolute Gasteiger partial charge is 0.329 e. The highest BCUT2D eigenvalue weighted by molar-refractivity contribution is 6.39. The van der Waals surface area contributed by atoms with E-state index in [4.69, 9.17) is 53.5 Å². The van der Waals surface area contributed by atoms with E-state index in [1.54, 1.807) is 48.2 Å². The standard InChI is InChI=1S/C79H115N11O17/c1-48-19-13-12-14-20-49(2)65(100-9)43-59-24-22-54(7)79(98,107-59)74(95)77(96)89-30-17-15-21-62(89)78(97)106-66(44-63(91)50(3)38-53(6)72(94)73(102-11)71(93)52(5)37-48)51(4)39-55-23-27-64(67(40-55)101-10)105-36-35-104-46-57-45-88(87-85-57)32-34-103-33-28-68(92)81-29-16-18-31-90-76-69(75(80)82-47-83-76)70(86-90)61-42-56-41-58(99-8)25-26-60(56)84-61/h12-14,19-20,25-26,38,41-42,45,47-48,50-52,54-55,59,62,64-67,72-73,84-85,87,94,98H,15-18,21-24,27-37,39-40,43-44,46H2,1-11H3,(H,81,92)(H2,80,82,83)/b14-12+,19-13+,49-20+,53-38+/t48-,50?,51-,52-,54-,55+,59+,62+,64?,65?,66?,67-,72-,73+,79-/m1/s1. The number of allylic oxidation sites excluding steroid dienone is 6. The van der Waals surface area contributed by atoms with Crippen LogP contribution < -0.4 is 26.7 Å². The molecule has 7 heterocycles. The lowest BCUT2D eigenvalue weighted by Crippen LogP contribution is -2.61. The molecule has 3 aromatic heterocycles. The van der Waals surface area contributed by atoms with Crippen LogP contribution in [0.2, 0.25) is 0 Å². The minimum Gasteiger partial charge on any atom is -0.497 e. The third-order valence-corrected chi connectivity index (χ3v) is 21.7. The Kier molecular flexibility index (Phi) is 31.2. The molecule has 28 nitrogen and oxygen atoms in total. The molecule has 1 aliphatic carbocycles. The maximum atomic E-state index is 14.8. The van der Waals surface area contributed by atoms with Gasteiger partial charge in [0.2, 0.25) is 11.7 Å². The van der Waals surface area contributed by atoms with Crippen LogP contribution in [0.4, 0.5) is 5.82 Å². The number of hydrogen-bond donors (Lipinski definition) is 7. The number of fused-ring (bicyclic) bond motifs is 5. The third kappa shape index (κ3) is 22.2. The number of hydrazine groups is 2. The number of nitrogens with one attached hydrogen (secondary N) is 4. The van der Waals surface area contributed by atoms with E-state index < -0.39 is 77.8 Å². The number of ether oxygens (including phenoxy) is 9. The summed E-state index contributed by atoms with van der Waals surface area (Å²) in [5.74, 6) is -7.27. The summed E-state index contributed by atoms with van der Waals surface area (Å²) in [4.78, 5) is 98.3. The monoisotopic (exact) mass is 1490 g/mol. The van der Waals surface area contributed by atoms with Crippen molar-refractivity contribution in [3.05, 3.63) is 90.1 Å². The maximum Gasteiger partial charge on any atom is 0.329 e. The lowest BCUT2D eigenvalue weighted by molar-refractivity contribution is -0.265. The number of unbranched alkanes of at least 4 members (excludes halogenated alkanes) is 1. The van der Waals surface area contributed by atoms with Crippen molar-refractivity contribution in [1.29, 1.82) is 0 Å². The Morgan fingerprint density at radius 2 is 1.67 bits per heavy atom. The Hall–Kier alpha value is -7.77. The summed E-state index contributed by atoms with van der Waals surface area (Å²) in [6.45, 7) is 15.9. The number of aliphatic hydroxyl groups excluding tert-OH is 1. The van der Waals surface area contributed by atoms with Crippen LogP contribution in [0, 0.1) is 35.5 Å². The number of aliphatic hydroxyl groups is 2. The average Bonchev–Trinajstić information content (AvgIpc) is 1.71. The van der Waals surface area contributed by atoms with Crippen molar-refractivity contribution in [1.82, 2.24) is 50.9 Å². The number of piperidine rings is 1. The number of rotatable bonds is 25. The number of anilines is 1. The van der Waals surface area contributed by atoms with Gasteiger partial charge in [-0.2, -0.15) is 5.10 Å². The van der Waals surface area contributed by atoms with Gasteiger partial charge in [-0.3, -0.25) is 29.0 Å². The molecule has 9 rings (SSSR count). The fourth-order valence-electron chi connectivity index (χ4n) is 15.2. The summed E-state index contributed by atoms with van der Waals surface area (Å²) in [7, 11) is 6.25. The van der Waals surface area contributed by atoms with E-state index in [-0.39, 0.29) is 79.8 Å². The Morgan fingerprint density at radius 3 is 2.45 bits per heavy atom. The SMILES string of the molecule is COc1ccc2[nH]c(-c3nn(CCCCNC(=O)CCOCCN4C=C(COCCOC5CC[C@@H](C[C@@H](C)C6CC(=O)C(C)/C=C(\C)[C@@H](O)[C@@H](OC)C(=O)[C@H](C)C[C@H](C)/C=C/C=C/C=C(\C)C(OC)C[C@@H]7CC[C@@H](C)[C@@](O)(O7)C(=O)C(=O)N7CCCC[C@H]7C(=O)O6)C[C@H]5OC)NN4)c4ncnc(N)c34)cc2c1. The number of nitrogens with zero attached hydrogens (tertiary/aromatic N) is 6. The number of cyclic esters (lactones) is 1. The molecule has 3 fully saturated rings. The summed E-state index contributed by atoms with van der Waals surface area (Å²) in [5.41, 5.74) is 17.6. The normalized spacial score (nSPS) is 29.9. The fourth-order valence-corrected chi connectivity index (χ4v) is 15.2. The van der Waals surface area contributed by atoms with Gasteiger partial charge in [-0.05, 0) is 144 Å². The average molecular weight is 1490 g/mol. The topological polar surface area (TPSA) is 354 Å². The minimum absolute atomic E-state index is 0.00647. The molecule has 28 heteroatoms. The highest BCUT2D eigenvalue weighted by Crippen LogP contribution is 2.39. The van der Waals surface area contributed by atoms with E-state index in [9.17, 15) is 39.0 Å². The van der Waals surface area contributed by atoms with E-state index in [0.29, 0.717) is 132 Å². The number of H-pyrrole nitrogens is 1. The van der Waals surface area contributed by atoms with Crippen molar-refractivity contribution >= 4 is 62.9 Å². The van der Waals surface area contributed by atoms with Gasteiger partial charge in [0.05, 0.1) is 87.9 Å². The Morgan fingerprint density at radius 1 is 0.860 bits per heavy atom. The molecule has 0 spiro atoms. The highest BCUT2D eigenvalue weighted by atomic mass is 16.6. The number of aromatic amines is 1. The van der Waals surface area contributed by atoms with E-state index in [2.05, 4.69) is 31.2 Å². The third-order valence-electron chi connectivity index (χ3n) is 21.7. The van der Waals surface area contributed by atoms with Crippen molar-refractivity contribution in [2.45, 2.75) is 206 Å². The molecule has 1 saturated carbocycles. The van der Waals surface area contributed by atoms with E-state index in [1.807, 2.05) is 98.2 Å². The molecule has 107 heavy (non-hydrogen) atoms. The van der Waals surface area contributed by atoms with E-state index in [0.717, 1.165) is 52.9 Å². The number of amides is 2. The van der Waals surface area contributed by atoms with Crippen LogP contribution in [0.15, 0.2) is 90.1 Å². The van der Waals surface area contributed by atoms with Crippen molar-refractivity contribution < 1.29 is 81.6 Å². The van der Waals surface area contributed by atoms with Crippen molar-refractivity contribution in [3.63, 3.8) is 0 Å². The van der Waals surface area contributed by atoms with Crippen LogP contribution in [0.5, 0.6) is 5.75 Å². The number of nitrogens with two attached hydrogens (primary N) is 1. The molecular formula is C79H115N11O17. The number of aromatic nitrogens is 5. The molecule has 2 saturated heterocycles. The van der Waals surface area contributed by atoms with Crippen LogP contribution in [0.25, 0.3) is 33.3 Å². The molecule has 0 radical (unpaired) electrons. The summed E-state index contributed by atoms with van der Waals surface area (Å²) in [5, 5.41) is 35.2. The molecule has 4 aliphatic heterocycles. The molecular weight excluding hydrogens is 1370 g/mol. The van der Waals surface area contributed by atoms with Gasteiger partial charge in [0.25, 0.3) is 11.7 Å². The lowest BCUT2D eigenvalue weighted by Gasteiger charge is -2.42. The molecule has 2 bridgehead atoms. The van der Waals surface area contributed by atoms with Gasteiger partial charge in [-0.15, -0.1) is 5.53 Å². The number of esters is 1. The van der Waals surface area contributed by atoms with Crippen molar-refractivity contribution in [2.75, 3.05) is 86.8 Å². The van der Waals surface area contributed by atoms with Gasteiger partial charge in [-0.1, -0.05) is 71.1 Å². The summed E-state index contributed by atoms with van der Waals surface area (Å²) >= 11 is 0. The first kappa shape index (κ1) is 83.3. The van der Waals surface area contributed by atoms with Crippen molar-refractivity contribution in [2.24, 2.45) is 35.5 Å². The highest BCUT2D eigenvalue weighted by Gasteiger charge is 2.53. The molecule has 15 atom stereocenters. The molecule has 5 aliphatic rings. The minimum atomic E-state index is -2.47. The molecule has 2 amide bonds. The second-order valence-electron chi connectivity index (χ2n) is 29.7. The number of benzene rings is 1. The second-order valence-corrected chi connectivity index (χ2v) is 29.7. The van der Waals surface area contributed by atoms with Gasteiger partial charge >= 0.3 is 5.97 Å². The first-order chi connectivity index (χ1) is 51.4. The predicted octanol–water partition coefficient (Wildman–Crippen LogP) is 8.27. The van der Waals surface area contributed by atoms with Crippen molar-refractivity contribution in [3.8, 4) is 17.1 Å². The van der Waals surface area contributed by atoms with Gasteiger partial charge in [0.1, 0.15) is 53.7 Å². The fraction of sp³-hybridized carbons (Fsp3) is 0.633. The zero-order valence-corrected chi connectivity index (χ0v) is 64.3. The summed E-state index contributed by atoms with van der Waals surface area (Å²) in [6.07, 6.45) is 16.5. The molecule has 4 aromatic rings. The molecule has 1 aromatic carbocycles. The molecule has 588 valence electrons. The van der Waals surface area contributed by atoms with Gasteiger partial charge < -0.3 is 79.2 Å². The number of nitrogen functional groups attached to an aromatic ring is 1. The van der Waals surface area contributed by atoms with Crippen LogP contribution in [0.1, 0.15) is 145 Å². The predicted molar refractivity (Wildman–Crippen MR) is 402 cm³/mol. The Bertz CT molecular complexity index is 3810. The number of ketones is 3. The summed E-state index contributed by atoms with van der Waals surface area (Å²) < 4.78 is 55.7. The van der Waals surface area contributed by atoms with E-state index in [1.165, 1.54) is 18.3 Å². The quantitative estimate of drug-likeness (QED) is 0.0142. The summed E-state index contributed by atoms with van der Waals surface area (Å²) in [6, 6.07) is 6.63. The maximum absolute atomic E-state index is 14.8. The Balaban J connectivity index is 0.732. The van der Waals surface area contributed by atoms with E-state index >= 15 is 0 Å². The number of carbonyl (C=O) groups is 6. The zero-order chi connectivity index (χ0) is 76.9. The largest absolute Gasteiger partial charge is 0.497 e. The van der Waals surface area contributed by atoms with Gasteiger partial charge in [-0.25, -0.2) is 19.4 Å². The second kappa shape index (κ2) is 40.1. The van der Waals surface area contributed by atoms with Crippen LogP contribution in [-0.4, -0.2) is 216 Å². The first-order valence-electron chi connectivity index (χ1n) is 38.1. The molecule has 8 N–H and O–H groups in total. The number of hydrogen-bond acceptors (Lipinski definition) is 24.